The monoisotopic (exact) mass is 243 g/mol. The van der Waals surface area contributed by atoms with Gasteiger partial charge in [-0.2, -0.15) is 0 Å². The van der Waals surface area contributed by atoms with Gasteiger partial charge in [-0.05, 0) is 42.6 Å². The minimum atomic E-state index is -0.382. The van der Waals surface area contributed by atoms with Crippen molar-refractivity contribution in [2.45, 2.75) is 12.8 Å². The van der Waals surface area contributed by atoms with Crippen molar-refractivity contribution in [1.82, 2.24) is 10.3 Å². The Morgan fingerprint density at radius 2 is 2.17 bits per heavy atom. The van der Waals surface area contributed by atoms with E-state index in [9.17, 15) is 4.79 Å². The number of rotatable bonds is 3. The molecule has 0 unspecified atom stereocenters. The summed E-state index contributed by atoms with van der Waals surface area (Å²) in [5, 5.41) is 4.42. The van der Waals surface area contributed by atoms with Crippen molar-refractivity contribution in [3.05, 3.63) is 35.5 Å². The summed E-state index contributed by atoms with van der Waals surface area (Å²) >= 11 is 0. The summed E-state index contributed by atoms with van der Waals surface area (Å²) < 4.78 is 0. The maximum absolute atomic E-state index is 11.4. The van der Waals surface area contributed by atoms with E-state index in [1.807, 2.05) is 24.4 Å². The summed E-state index contributed by atoms with van der Waals surface area (Å²) in [6.07, 6.45) is 1.87. The highest BCUT2D eigenvalue weighted by Gasteiger charge is 2.26. The van der Waals surface area contributed by atoms with Crippen molar-refractivity contribution in [1.29, 1.82) is 0 Å². The number of carbonyl (C=O) groups excluding carboxylic acids is 1. The number of primary amides is 1. The summed E-state index contributed by atoms with van der Waals surface area (Å²) in [4.78, 5) is 14.5. The molecule has 1 atom stereocenters. The van der Waals surface area contributed by atoms with Crippen LogP contribution in [0.2, 0.25) is 0 Å². The molecular weight excluding hydrogens is 226 g/mol. The molecule has 1 aliphatic rings. The van der Waals surface area contributed by atoms with Crippen LogP contribution in [0.1, 0.15) is 28.8 Å². The highest BCUT2D eigenvalue weighted by Crippen LogP contribution is 2.33. The van der Waals surface area contributed by atoms with E-state index in [1.54, 1.807) is 0 Å². The maximum atomic E-state index is 11.4. The number of aromatic nitrogens is 1. The van der Waals surface area contributed by atoms with E-state index in [-0.39, 0.29) is 5.91 Å². The minimum absolute atomic E-state index is 0.382. The van der Waals surface area contributed by atoms with Crippen LogP contribution in [0.3, 0.4) is 0 Å². The predicted molar refractivity (Wildman–Crippen MR) is 71.6 cm³/mol. The molecule has 4 nitrogen and oxygen atoms in total. The van der Waals surface area contributed by atoms with Crippen LogP contribution in [0, 0.1) is 5.92 Å². The first-order valence-electron chi connectivity index (χ1n) is 6.29. The zero-order valence-electron chi connectivity index (χ0n) is 10.4. The lowest BCUT2D eigenvalue weighted by Gasteiger charge is -2.33. The van der Waals surface area contributed by atoms with E-state index in [2.05, 4.69) is 17.2 Å². The molecule has 0 spiro atoms. The van der Waals surface area contributed by atoms with Crippen molar-refractivity contribution in [3.8, 4) is 0 Å². The van der Waals surface area contributed by atoms with E-state index < -0.39 is 0 Å². The van der Waals surface area contributed by atoms with Gasteiger partial charge in [-0.25, -0.2) is 0 Å². The SMILES string of the molecule is C[C@H](c1ccc(C(N)=O)c2[nH]ccc12)C1CNC1. The second-order valence-electron chi connectivity index (χ2n) is 5.04. The van der Waals surface area contributed by atoms with Gasteiger partial charge < -0.3 is 16.0 Å². The first kappa shape index (κ1) is 11.3. The molecule has 1 aromatic heterocycles. The van der Waals surface area contributed by atoms with Crippen LogP contribution in [-0.4, -0.2) is 24.0 Å². The second-order valence-corrected chi connectivity index (χ2v) is 5.04. The van der Waals surface area contributed by atoms with E-state index >= 15 is 0 Å². The Kier molecular flexibility index (Phi) is 2.59. The summed E-state index contributed by atoms with van der Waals surface area (Å²) in [5.41, 5.74) is 8.12. The third kappa shape index (κ3) is 1.61. The fraction of sp³-hybridized carbons (Fsp3) is 0.357. The van der Waals surface area contributed by atoms with Gasteiger partial charge in [-0.15, -0.1) is 0 Å². The van der Waals surface area contributed by atoms with Crippen LogP contribution in [0.4, 0.5) is 0 Å². The lowest BCUT2D eigenvalue weighted by molar-refractivity contribution is 0.100. The van der Waals surface area contributed by atoms with Crippen LogP contribution in [0.15, 0.2) is 24.4 Å². The number of H-pyrrole nitrogens is 1. The Labute approximate surface area is 106 Å². The Bertz CT molecular complexity index is 598. The van der Waals surface area contributed by atoms with Crippen LogP contribution in [0.5, 0.6) is 0 Å². The maximum Gasteiger partial charge on any atom is 0.250 e. The molecule has 4 heteroatoms. The van der Waals surface area contributed by atoms with Crippen molar-refractivity contribution >= 4 is 16.8 Å². The van der Waals surface area contributed by atoms with Crippen LogP contribution >= 0.6 is 0 Å². The van der Waals surface area contributed by atoms with Crippen molar-refractivity contribution in [2.75, 3.05) is 13.1 Å². The van der Waals surface area contributed by atoms with Crippen LogP contribution < -0.4 is 11.1 Å². The number of hydrogen-bond acceptors (Lipinski definition) is 2. The predicted octanol–water partition coefficient (Wildman–Crippen LogP) is 1.59. The zero-order valence-corrected chi connectivity index (χ0v) is 10.4. The topological polar surface area (TPSA) is 70.9 Å². The third-order valence-electron chi connectivity index (χ3n) is 4.03. The molecule has 2 aromatic rings. The van der Waals surface area contributed by atoms with Gasteiger partial charge in [0, 0.05) is 11.6 Å². The number of nitrogens with two attached hydrogens (primary N) is 1. The van der Waals surface area contributed by atoms with Gasteiger partial charge in [0.15, 0.2) is 0 Å². The van der Waals surface area contributed by atoms with E-state index in [0.29, 0.717) is 17.4 Å². The number of benzene rings is 1. The Morgan fingerprint density at radius 3 is 2.78 bits per heavy atom. The molecule has 0 aliphatic carbocycles. The molecular formula is C14H17N3O. The number of hydrogen-bond donors (Lipinski definition) is 3. The summed E-state index contributed by atoms with van der Waals surface area (Å²) in [6, 6.07) is 5.90. The molecule has 1 fully saturated rings. The average Bonchev–Trinajstić information content (AvgIpc) is 2.73. The van der Waals surface area contributed by atoms with E-state index in [0.717, 1.165) is 24.0 Å². The Morgan fingerprint density at radius 1 is 1.39 bits per heavy atom. The summed E-state index contributed by atoms with van der Waals surface area (Å²) in [7, 11) is 0. The second kappa shape index (κ2) is 4.14. The van der Waals surface area contributed by atoms with Gasteiger partial charge in [0.1, 0.15) is 0 Å². The number of fused-ring (bicyclic) bond motifs is 1. The van der Waals surface area contributed by atoms with E-state index in [1.165, 1.54) is 5.56 Å². The van der Waals surface area contributed by atoms with E-state index in [4.69, 9.17) is 5.73 Å². The number of aromatic amines is 1. The zero-order chi connectivity index (χ0) is 12.7. The van der Waals surface area contributed by atoms with Gasteiger partial charge in [-0.1, -0.05) is 13.0 Å². The van der Waals surface area contributed by atoms with Gasteiger partial charge in [0.2, 0.25) is 0 Å². The standard InChI is InChI=1S/C14H17N3O/c1-8(9-6-16-7-9)10-2-3-12(14(15)18)13-11(10)4-5-17-13/h2-5,8-9,16-17H,6-7H2,1H3,(H2,15,18)/t8-/m0/s1. The number of nitrogens with one attached hydrogen (secondary N) is 2. The Hall–Kier alpha value is -1.81. The van der Waals surface area contributed by atoms with Gasteiger partial charge >= 0.3 is 0 Å². The molecule has 2 heterocycles. The normalized spacial score (nSPS) is 17.6. The molecule has 0 saturated carbocycles. The smallest absolute Gasteiger partial charge is 0.250 e. The fourth-order valence-corrected chi connectivity index (χ4v) is 2.70. The molecule has 0 radical (unpaired) electrons. The van der Waals surface area contributed by atoms with Crippen molar-refractivity contribution in [3.63, 3.8) is 0 Å². The third-order valence-corrected chi connectivity index (χ3v) is 4.03. The molecule has 18 heavy (non-hydrogen) atoms. The number of amides is 1. The molecule has 1 aromatic carbocycles. The van der Waals surface area contributed by atoms with Crippen molar-refractivity contribution < 1.29 is 4.79 Å². The average molecular weight is 243 g/mol. The fourth-order valence-electron chi connectivity index (χ4n) is 2.70. The van der Waals surface area contributed by atoms with Crippen molar-refractivity contribution in [2.24, 2.45) is 11.7 Å². The molecule has 1 aliphatic heterocycles. The van der Waals surface area contributed by atoms with Crippen LogP contribution in [-0.2, 0) is 0 Å². The molecule has 0 bridgehead atoms. The number of carbonyl (C=O) groups is 1. The molecule has 94 valence electrons. The van der Waals surface area contributed by atoms with Gasteiger partial charge in [0.05, 0.1) is 11.1 Å². The molecule has 4 N–H and O–H groups in total. The lowest BCUT2D eigenvalue weighted by Crippen LogP contribution is -2.44. The highest BCUT2D eigenvalue weighted by atomic mass is 16.1. The van der Waals surface area contributed by atoms with Crippen LogP contribution in [0.25, 0.3) is 10.9 Å². The molecule has 1 amide bonds. The minimum Gasteiger partial charge on any atom is -0.366 e. The highest BCUT2D eigenvalue weighted by molar-refractivity contribution is 6.05. The summed E-state index contributed by atoms with van der Waals surface area (Å²) in [6.45, 7) is 4.40. The first-order valence-corrected chi connectivity index (χ1v) is 6.29. The van der Waals surface area contributed by atoms with Gasteiger partial charge in [-0.3, -0.25) is 4.79 Å². The lowest BCUT2D eigenvalue weighted by atomic mass is 9.82. The Balaban J connectivity index is 2.10. The van der Waals surface area contributed by atoms with Gasteiger partial charge in [0.25, 0.3) is 5.91 Å². The quantitative estimate of drug-likeness (QED) is 0.766. The molecule has 3 rings (SSSR count). The summed E-state index contributed by atoms with van der Waals surface area (Å²) in [5.74, 6) is 0.793. The first-order chi connectivity index (χ1) is 8.68. The largest absolute Gasteiger partial charge is 0.366 e. The molecule has 1 saturated heterocycles.